The highest BCUT2D eigenvalue weighted by Gasteiger charge is 2.05. The molecule has 16 heavy (non-hydrogen) atoms. The molecule has 0 aromatic carbocycles. The third kappa shape index (κ3) is 1.44. The van der Waals surface area contributed by atoms with E-state index >= 15 is 0 Å². The first-order valence-corrected chi connectivity index (χ1v) is 5.06. The lowest BCUT2D eigenvalue weighted by atomic mass is 10.2. The number of rotatable bonds is 1. The second kappa shape index (κ2) is 3.41. The normalized spacial score (nSPS) is 10.8. The largest absolute Gasteiger partial charge is 0.265 e. The number of hydrogen-bond donors (Lipinski definition) is 0. The van der Waals surface area contributed by atoms with Crippen LogP contribution in [0.25, 0.3) is 17.0 Å². The quantitative estimate of drug-likeness (QED) is 0.617. The molecule has 3 aromatic heterocycles. The Bertz CT molecular complexity index is 628. The maximum Gasteiger partial charge on any atom is 0.182 e. The molecule has 0 spiro atoms. The molecule has 0 fully saturated rings. The van der Waals surface area contributed by atoms with Gasteiger partial charge in [0.1, 0.15) is 0 Å². The van der Waals surface area contributed by atoms with Gasteiger partial charge in [0.2, 0.25) is 0 Å². The van der Waals surface area contributed by atoms with Gasteiger partial charge in [-0.05, 0) is 30.7 Å². The molecule has 78 valence electrons. The molecule has 0 N–H and O–H groups in total. The molecule has 0 bridgehead atoms. The van der Waals surface area contributed by atoms with E-state index in [-0.39, 0.29) is 0 Å². The standard InChI is InChI=1S/C12H10N4/c1-9-2-3-11-14-12(15-16(11)8-9)10-4-6-13-7-5-10/h2-8H,1H3. The van der Waals surface area contributed by atoms with Gasteiger partial charge in [-0.3, -0.25) is 4.98 Å². The third-order valence-corrected chi connectivity index (χ3v) is 2.42. The van der Waals surface area contributed by atoms with Crippen molar-refractivity contribution < 1.29 is 0 Å². The highest BCUT2D eigenvalue weighted by atomic mass is 15.3. The molecule has 0 aliphatic carbocycles. The van der Waals surface area contributed by atoms with E-state index in [2.05, 4.69) is 15.1 Å². The SMILES string of the molecule is Cc1ccc2nc(-c3ccncc3)nn2c1. The van der Waals surface area contributed by atoms with Crippen LogP contribution >= 0.6 is 0 Å². The summed E-state index contributed by atoms with van der Waals surface area (Å²) in [5, 5.41) is 4.42. The Kier molecular flexibility index (Phi) is 1.93. The average Bonchev–Trinajstić information content (AvgIpc) is 2.73. The summed E-state index contributed by atoms with van der Waals surface area (Å²) in [4.78, 5) is 8.42. The molecule has 0 aliphatic rings. The van der Waals surface area contributed by atoms with E-state index in [1.165, 1.54) is 5.56 Å². The highest BCUT2D eigenvalue weighted by Crippen LogP contribution is 2.14. The number of hydrogen-bond acceptors (Lipinski definition) is 3. The van der Waals surface area contributed by atoms with Gasteiger partial charge < -0.3 is 0 Å². The predicted octanol–water partition coefficient (Wildman–Crippen LogP) is 2.10. The van der Waals surface area contributed by atoms with Crippen LogP contribution in [0.4, 0.5) is 0 Å². The van der Waals surface area contributed by atoms with E-state index in [4.69, 9.17) is 0 Å². The number of aryl methyl sites for hydroxylation is 1. The van der Waals surface area contributed by atoms with Crippen molar-refractivity contribution in [2.45, 2.75) is 6.92 Å². The van der Waals surface area contributed by atoms with Crippen LogP contribution in [0.5, 0.6) is 0 Å². The van der Waals surface area contributed by atoms with E-state index < -0.39 is 0 Å². The first-order chi connectivity index (χ1) is 7.83. The minimum atomic E-state index is 0.730. The Hall–Kier alpha value is -2.23. The van der Waals surface area contributed by atoms with Crippen molar-refractivity contribution in [1.82, 2.24) is 19.6 Å². The number of pyridine rings is 2. The van der Waals surface area contributed by atoms with Crippen molar-refractivity contribution in [3.8, 4) is 11.4 Å². The Balaban J connectivity index is 2.19. The number of fused-ring (bicyclic) bond motifs is 1. The summed E-state index contributed by atoms with van der Waals surface area (Å²) >= 11 is 0. The second-order valence-corrected chi connectivity index (χ2v) is 3.68. The molecule has 0 saturated carbocycles. The molecule has 3 aromatic rings. The maximum absolute atomic E-state index is 4.45. The van der Waals surface area contributed by atoms with E-state index in [1.807, 2.05) is 37.4 Å². The van der Waals surface area contributed by atoms with Gasteiger partial charge in [-0.2, -0.15) is 0 Å². The lowest BCUT2D eigenvalue weighted by Crippen LogP contribution is -1.87. The summed E-state index contributed by atoms with van der Waals surface area (Å²) in [6.07, 6.45) is 5.45. The summed E-state index contributed by atoms with van der Waals surface area (Å²) in [6.45, 7) is 2.03. The van der Waals surface area contributed by atoms with Crippen LogP contribution in [0.1, 0.15) is 5.56 Å². The molecular formula is C12H10N4. The summed E-state index contributed by atoms with van der Waals surface area (Å²) in [5.74, 6) is 0.730. The highest BCUT2D eigenvalue weighted by molar-refractivity contribution is 5.57. The third-order valence-electron chi connectivity index (χ3n) is 2.42. The predicted molar refractivity (Wildman–Crippen MR) is 61.0 cm³/mol. The molecule has 3 rings (SSSR count). The van der Waals surface area contributed by atoms with Gasteiger partial charge in [-0.1, -0.05) is 6.07 Å². The van der Waals surface area contributed by atoms with E-state index in [9.17, 15) is 0 Å². The molecule has 4 nitrogen and oxygen atoms in total. The smallest absolute Gasteiger partial charge is 0.182 e. The average molecular weight is 210 g/mol. The van der Waals surface area contributed by atoms with Crippen molar-refractivity contribution in [1.29, 1.82) is 0 Å². The minimum Gasteiger partial charge on any atom is -0.265 e. The van der Waals surface area contributed by atoms with Crippen LogP contribution in [-0.2, 0) is 0 Å². The van der Waals surface area contributed by atoms with Crippen molar-refractivity contribution in [3.05, 3.63) is 48.4 Å². The number of aromatic nitrogens is 4. The Morgan fingerprint density at radius 1 is 1.06 bits per heavy atom. The van der Waals surface area contributed by atoms with Crippen molar-refractivity contribution in [3.63, 3.8) is 0 Å². The van der Waals surface area contributed by atoms with Crippen molar-refractivity contribution >= 4 is 5.65 Å². The monoisotopic (exact) mass is 210 g/mol. The van der Waals surface area contributed by atoms with Crippen LogP contribution in [0.3, 0.4) is 0 Å². The fraction of sp³-hybridized carbons (Fsp3) is 0.0833. The van der Waals surface area contributed by atoms with Gasteiger partial charge in [-0.25, -0.2) is 9.50 Å². The van der Waals surface area contributed by atoms with Crippen LogP contribution in [0.2, 0.25) is 0 Å². The van der Waals surface area contributed by atoms with Crippen LogP contribution in [-0.4, -0.2) is 19.6 Å². The van der Waals surface area contributed by atoms with Crippen LogP contribution in [0.15, 0.2) is 42.9 Å². The van der Waals surface area contributed by atoms with Crippen LogP contribution < -0.4 is 0 Å². The van der Waals surface area contributed by atoms with Gasteiger partial charge in [0, 0.05) is 24.2 Å². The molecule has 0 saturated heterocycles. The zero-order valence-corrected chi connectivity index (χ0v) is 8.83. The molecular weight excluding hydrogens is 200 g/mol. The topological polar surface area (TPSA) is 43.1 Å². The van der Waals surface area contributed by atoms with E-state index in [1.54, 1.807) is 16.9 Å². The Morgan fingerprint density at radius 3 is 2.69 bits per heavy atom. The molecule has 0 amide bonds. The second-order valence-electron chi connectivity index (χ2n) is 3.68. The summed E-state index contributed by atoms with van der Waals surface area (Å²) in [6, 6.07) is 7.80. The van der Waals surface area contributed by atoms with Gasteiger partial charge in [-0.15, -0.1) is 5.10 Å². The van der Waals surface area contributed by atoms with Crippen LogP contribution in [0, 0.1) is 6.92 Å². The molecule has 0 atom stereocenters. The summed E-state index contributed by atoms with van der Waals surface area (Å²) in [7, 11) is 0. The van der Waals surface area contributed by atoms with Gasteiger partial charge >= 0.3 is 0 Å². The van der Waals surface area contributed by atoms with Crippen molar-refractivity contribution in [2.75, 3.05) is 0 Å². The summed E-state index contributed by atoms with van der Waals surface area (Å²) < 4.78 is 1.80. The molecule has 3 heterocycles. The van der Waals surface area contributed by atoms with Crippen molar-refractivity contribution in [2.24, 2.45) is 0 Å². The maximum atomic E-state index is 4.45. The van der Waals surface area contributed by atoms with E-state index in [0.29, 0.717) is 0 Å². The lowest BCUT2D eigenvalue weighted by molar-refractivity contribution is 0.956. The Labute approximate surface area is 92.6 Å². The van der Waals surface area contributed by atoms with Gasteiger partial charge in [0.25, 0.3) is 0 Å². The zero-order valence-electron chi connectivity index (χ0n) is 8.83. The fourth-order valence-corrected chi connectivity index (χ4v) is 1.61. The minimum absolute atomic E-state index is 0.730. The summed E-state index contributed by atoms with van der Waals surface area (Å²) in [5.41, 5.74) is 3.01. The first kappa shape index (κ1) is 9.03. The fourth-order valence-electron chi connectivity index (χ4n) is 1.61. The molecule has 0 radical (unpaired) electrons. The van der Waals surface area contributed by atoms with Gasteiger partial charge in [0.05, 0.1) is 0 Å². The molecule has 0 unspecified atom stereocenters. The Morgan fingerprint density at radius 2 is 1.88 bits per heavy atom. The van der Waals surface area contributed by atoms with Gasteiger partial charge in [0.15, 0.2) is 11.5 Å². The molecule has 0 aliphatic heterocycles. The molecule has 4 heteroatoms. The van der Waals surface area contributed by atoms with E-state index in [0.717, 1.165) is 17.0 Å². The lowest BCUT2D eigenvalue weighted by Gasteiger charge is -1.92. The first-order valence-electron chi connectivity index (χ1n) is 5.06. The number of nitrogens with zero attached hydrogens (tertiary/aromatic N) is 4. The zero-order chi connectivity index (χ0) is 11.0.